The molecule has 12 heteroatoms. The summed E-state index contributed by atoms with van der Waals surface area (Å²) in [7, 11) is -0.0201. The maximum Gasteiger partial charge on any atom is 0.228 e. The van der Waals surface area contributed by atoms with Gasteiger partial charge in [-0.1, -0.05) is 11.3 Å². The topological polar surface area (TPSA) is 70.6 Å². The molecule has 0 atom stereocenters. The molecular weight excluding hydrogens is 499 g/mol. The molecule has 1 amide bonds. The first-order valence-electron chi connectivity index (χ1n) is 9.76. The van der Waals surface area contributed by atoms with Gasteiger partial charge in [0.25, 0.3) is 0 Å². The van der Waals surface area contributed by atoms with Crippen molar-refractivity contribution in [1.82, 2.24) is 9.88 Å². The number of hydrogen-bond acceptors (Lipinski definition) is 6. The second-order valence-corrected chi connectivity index (χ2v) is 10.6. The number of likely N-dealkylation sites (N-methyl/N-ethyl adjacent to an activating group) is 1. The van der Waals surface area contributed by atoms with Gasteiger partial charge in [0.15, 0.2) is 20.8 Å². The number of fused-ring (bicyclic) bond motifs is 1. The zero-order valence-electron chi connectivity index (χ0n) is 17.9. The molecule has 0 radical (unpaired) electrons. The highest BCUT2D eigenvalue weighted by Crippen LogP contribution is 2.31. The number of halogens is 4. The lowest BCUT2D eigenvalue weighted by molar-refractivity contribution is -0.118. The summed E-state index contributed by atoms with van der Waals surface area (Å²) in [5.74, 6) is -2.75. The number of nitrogens with zero attached hydrogens (tertiary/aromatic N) is 3. The van der Waals surface area contributed by atoms with E-state index in [1.807, 2.05) is 19.0 Å². The predicted molar refractivity (Wildman–Crippen MR) is 125 cm³/mol. The van der Waals surface area contributed by atoms with Crippen molar-refractivity contribution in [1.29, 1.82) is 0 Å². The molecule has 3 rings (SSSR count). The van der Waals surface area contributed by atoms with E-state index in [-0.39, 0.29) is 63.7 Å². The number of hydrogen-bond donors (Lipinski definition) is 0. The van der Waals surface area contributed by atoms with Crippen LogP contribution in [-0.2, 0) is 14.6 Å². The van der Waals surface area contributed by atoms with Gasteiger partial charge in [0.1, 0.15) is 17.2 Å². The largest absolute Gasteiger partial charge is 0.308 e. The summed E-state index contributed by atoms with van der Waals surface area (Å²) < 4.78 is 65.8. The van der Waals surface area contributed by atoms with Crippen LogP contribution >= 0.6 is 23.7 Å². The van der Waals surface area contributed by atoms with E-state index in [4.69, 9.17) is 0 Å². The van der Waals surface area contributed by atoms with Crippen molar-refractivity contribution in [3.63, 3.8) is 0 Å². The molecule has 1 aromatic heterocycles. The van der Waals surface area contributed by atoms with Gasteiger partial charge in [-0.15, -0.1) is 12.4 Å². The molecule has 0 bridgehead atoms. The van der Waals surface area contributed by atoms with Gasteiger partial charge in [0.2, 0.25) is 5.91 Å². The molecule has 0 saturated heterocycles. The van der Waals surface area contributed by atoms with Gasteiger partial charge < -0.3 is 4.90 Å². The Labute approximate surface area is 200 Å². The van der Waals surface area contributed by atoms with Crippen molar-refractivity contribution in [3.8, 4) is 0 Å². The summed E-state index contributed by atoms with van der Waals surface area (Å²) >= 11 is 0.993. The summed E-state index contributed by atoms with van der Waals surface area (Å²) in [6.07, 6.45) is -0.0362. The molecule has 0 unspecified atom stereocenters. The van der Waals surface area contributed by atoms with Gasteiger partial charge in [0, 0.05) is 25.6 Å². The van der Waals surface area contributed by atoms with E-state index in [9.17, 15) is 26.4 Å². The first kappa shape index (κ1) is 27.0. The van der Waals surface area contributed by atoms with Crippen molar-refractivity contribution in [2.45, 2.75) is 17.7 Å². The SMILES string of the molecule is CN(C)CCN(C(=O)CCCS(=O)(=O)c1ccc(F)cc1)c1nc2c(F)cc(F)cc2s1.Cl. The van der Waals surface area contributed by atoms with Crippen LogP contribution in [0.4, 0.5) is 18.3 Å². The van der Waals surface area contributed by atoms with Crippen LogP contribution in [0.25, 0.3) is 10.2 Å². The standard InChI is InChI=1S/C21H22F3N3O3S2.ClH/c1-26(2)9-10-27(21-25-20-17(24)12-15(23)13-18(20)31-21)19(28)4-3-11-32(29,30)16-7-5-14(22)6-8-16;/h5-8,12-13H,3-4,9-11H2,1-2H3;1H. The summed E-state index contributed by atoms with van der Waals surface area (Å²) in [5, 5.41) is 0.220. The number of amides is 1. The molecule has 0 fully saturated rings. The molecule has 0 aliphatic rings. The molecule has 180 valence electrons. The number of anilines is 1. The first-order valence-corrected chi connectivity index (χ1v) is 12.2. The molecule has 3 aromatic rings. The van der Waals surface area contributed by atoms with Gasteiger partial charge in [-0.3, -0.25) is 9.69 Å². The minimum absolute atomic E-state index is 0. The van der Waals surface area contributed by atoms with E-state index < -0.39 is 27.3 Å². The van der Waals surface area contributed by atoms with E-state index >= 15 is 0 Å². The maximum atomic E-state index is 14.1. The number of aromatic nitrogens is 1. The van der Waals surface area contributed by atoms with Crippen molar-refractivity contribution in [3.05, 3.63) is 53.8 Å². The second-order valence-electron chi connectivity index (χ2n) is 7.46. The molecule has 1 heterocycles. The lowest BCUT2D eigenvalue weighted by Crippen LogP contribution is -2.36. The number of benzene rings is 2. The van der Waals surface area contributed by atoms with E-state index in [0.717, 1.165) is 35.6 Å². The Balaban J connectivity index is 0.00000385. The monoisotopic (exact) mass is 521 g/mol. The molecule has 2 aromatic carbocycles. The molecule has 0 spiro atoms. The fourth-order valence-electron chi connectivity index (χ4n) is 3.00. The molecule has 0 aliphatic heterocycles. The van der Waals surface area contributed by atoms with Crippen LogP contribution in [0.15, 0.2) is 41.3 Å². The Hall–Kier alpha value is -2.21. The molecule has 0 N–H and O–H groups in total. The van der Waals surface area contributed by atoms with E-state index in [2.05, 4.69) is 4.98 Å². The number of carbonyl (C=O) groups is 1. The van der Waals surface area contributed by atoms with E-state index in [1.54, 1.807) is 0 Å². The molecule has 33 heavy (non-hydrogen) atoms. The highest BCUT2D eigenvalue weighted by atomic mass is 35.5. The second kappa shape index (κ2) is 11.3. The van der Waals surface area contributed by atoms with Crippen molar-refractivity contribution in [2.24, 2.45) is 0 Å². The van der Waals surface area contributed by atoms with Gasteiger partial charge in [0.05, 0.1) is 15.3 Å². The first-order chi connectivity index (χ1) is 15.1. The van der Waals surface area contributed by atoms with Crippen LogP contribution < -0.4 is 4.90 Å². The van der Waals surface area contributed by atoms with Crippen molar-refractivity contribution < 1.29 is 26.4 Å². The van der Waals surface area contributed by atoms with E-state index in [1.165, 1.54) is 17.0 Å². The van der Waals surface area contributed by atoms with Crippen LogP contribution in [0.1, 0.15) is 12.8 Å². The molecule has 0 aliphatic carbocycles. The Morgan fingerprint density at radius 3 is 2.33 bits per heavy atom. The lowest BCUT2D eigenvalue weighted by Gasteiger charge is -2.22. The summed E-state index contributed by atoms with van der Waals surface area (Å²) in [6.45, 7) is 0.743. The fraction of sp³-hybridized carbons (Fsp3) is 0.333. The van der Waals surface area contributed by atoms with Crippen LogP contribution in [0.2, 0.25) is 0 Å². The quantitative estimate of drug-likeness (QED) is 0.393. The minimum Gasteiger partial charge on any atom is -0.308 e. The van der Waals surface area contributed by atoms with Gasteiger partial charge in [-0.05, 0) is 50.8 Å². The number of rotatable bonds is 9. The summed E-state index contributed by atoms with van der Waals surface area (Å²) in [4.78, 5) is 20.3. The third kappa shape index (κ3) is 6.89. The Kier molecular flexibility index (Phi) is 9.24. The molecular formula is C21H23ClF3N3O3S2. The minimum atomic E-state index is -3.67. The Bertz CT molecular complexity index is 1220. The summed E-state index contributed by atoms with van der Waals surface area (Å²) in [5.41, 5.74) is -0.0204. The number of sulfone groups is 1. The highest BCUT2D eigenvalue weighted by Gasteiger charge is 2.22. The molecule has 6 nitrogen and oxygen atoms in total. The van der Waals surface area contributed by atoms with Crippen LogP contribution in [-0.4, -0.2) is 57.1 Å². The smallest absolute Gasteiger partial charge is 0.228 e. The number of carbonyl (C=O) groups excluding carboxylic acids is 1. The van der Waals surface area contributed by atoms with Crippen LogP contribution in [0.5, 0.6) is 0 Å². The van der Waals surface area contributed by atoms with Crippen molar-refractivity contribution in [2.75, 3.05) is 37.8 Å². The van der Waals surface area contributed by atoms with Crippen LogP contribution in [0.3, 0.4) is 0 Å². The Morgan fingerprint density at radius 2 is 1.70 bits per heavy atom. The Morgan fingerprint density at radius 1 is 1.03 bits per heavy atom. The zero-order chi connectivity index (χ0) is 23.5. The van der Waals surface area contributed by atoms with Gasteiger partial charge in [-0.2, -0.15) is 0 Å². The normalized spacial score (nSPS) is 11.6. The average molecular weight is 522 g/mol. The third-order valence-corrected chi connectivity index (χ3v) is 7.52. The lowest BCUT2D eigenvalue weighted by atomic mass is 10.3. The zero-order valence-corrected chi connectivity index (χ0v) is 20.4. The average Bonchev–Trinajstić information content (AvgIpc) is 3.12. The van der Waals surface area contributed by atoms with Gasteiger partial charge >= 0.3 is 0 Å². The fourth-order valence-corrected chi connectivity index (χ4v) is 5.36. The highest BCUT2D eigenvalue weighted by molar-refractivity contribution is 7.91. The van der Waals surface area contributed by atoms with E-state index in [0.29, 0.717) is 6.54 Å². The third-order valence-electron chi connectivity index (χ3n) is 4.68. The van der Waals surface area contributed by atoms with Gasteiger partial charge in [-0.25, -0.2) is 26.6 Å². The maximum absolute atomic E-state index is 14.1. The van der Waals surface area contributed by atoms with Crippen molar-refractivity contribution >= 4 is 54.8 Å². The van der Waals surface area contributed by atoms with Crippen LogP contribution in [0, 0.1) is 17.5 Å². The predicted octanol–water partition coefficient (Wildman–Crippen LogP) is 4.28. The number of thiazole rings is 1. The molecule has 0 saturated carbocycles. The summed E-state index contributed by atoms with van der Waals surface area (Å²) in [6, 6.07) is 6.39.